The maximum atomic E-state index is 5.92. The number of hydrogen-bond donors (Lipinski definition) is 1. The third-order valence-corrected chi connectivity index (χ3v) is 4.83. The molecule has 0 atom stereocenters. The van der Waals surface area contributed by atoms with Gasteiger partial charge in [0.1, 0.15) is 5.52 Å². The molecule has 122 valence electrons. The standard InChI is InChI=1S/C19H19N3OS/c24-19(20-15-6-2-1-3-7-15)22-12-10-14(11-13-22)18-21-16-8-4-5-9-17(16)23-18/h1-9,14H,10-13H2,(H,20,24). The van der Waals surface area contributed by atoms with E-state index in [0.29, 0.717) is 5.92 Å². The van der Waals surface area contributed by atoms with Crippen LogP contribution in [0, 0.1) is 0 Å². The molecule has 1 aliphatic heterocycles. The van der Waals surface area contributed by atoms with Crippen LogP contribution in [-0.4, -0.2) is 28.1 Å². The average Bonchev–Trinajstić information content (AvgIpc) is 3.07. The van der Waals surface area contributed by atoms with E-state index in [1.807, 2.05) is 54.6 Å². The summed E-state index contributed by atoms with van der Waals surface area (Å²) in [7, 11) is 0. The summed E-state index contributed by atoms with van der Waals surface area (Å²) in [4.78, 5) is 6.86. The number of aromatic nitrogens is 1. The van der Waals surface area contributed by atoms with Gasteiger partial charge in [-0.05, 0) is 49.3 Å². The first-order valence-corrected chi connectivity index (χ1v) is 8.67. The minimum absolute atomic E-state index is 0.369. The van der Waals surface area contributed by atoms with Crippen LogP contribution in [-0.2, 0) is 0 Å². The molecule has 1 aliphatic rings. The summed E-state index contributed by atoms with van der Waals surface area (Å²) >= 11 is 5.54. The van der Waals surface area contributed by atoms with Gasteiger partial charge in [0.25, 0.3) is 0 Å². The lowest BCUT2D eigenvalue weighted by Gasteiger charge is -2.32. The molecule has 0 radical (unpaired) electrons. The van der Waals surface area contributed by atoms with Crippen molar-refractivity contribution in [2.75, 3.05) is 18.4 Å². The Kier molecular flexibility index (Phi) is 4.17. The van der Waals surface area contributed by atoms with Crippen LogP contribution in [0.4, 0.5) is 5.69 Å². The van der Waals surface area contributed by atoms with Gasteiger partial charge in [-0.1, -0.05) is 30.3 Å². The Morgan fingerprint density at radius 1 is 1.04 bits per heavy atom. The smallest absolute Gasteiger partial charge is 0.198 e. The van der Waals surface area contributed by atoms with E-state index in [0.717, 1.165) is 53.7 Å². The van der Waals surface area contributed by atoms with Gasteiger partial charge in [-0.2, -0.15) is 0 Å². The number of fused-ring (bicyclic) bond motifs is 1. The largest absolute Gasteiger partial charge is 0.440 e. The Morgan fingerprint density at radius 3 is 2.50 bits per heavy atom. The highest BCUT2D eigenvalue weighted by Crippen LogP contribution is 2.30. The van der Waals surface area contributed by atoms with Crippen LogP contribution in [0.15, 0.2) is 59.0 Å². The topological polar surface area (TPSA) is 41.3 Å². The third-order valence-electron chi connectivity index (χ3n) is 4.47. The molecule has 0 aliphatic carbocycles. The molecule has 1 aromatic heterocycles. The second-order valence-corrected chi connectivity index (χ2v) is 6.46. The van der Waals surface area contributed by atoms with Gasteiger partial charge in [-0.15, -0.1) is 0 Å². The molecule has 4 rings (SSSR count). The van der Waals surface area contributed by atoms with Crippen LogP contribution in [0.1, 0.15) is 24.7 Å². The number of oxazole rings is 1. The molecule has 0 spiro atoms. The van der Waals surface area contributed by atoms with Crippen LogP contribution in [0.3, 0.4) is 0 Å². The average molecular weight is 337 g/mol. The highest BCUT2D eigenvalue weighted by atomic mass is 32.1. The highest BCUT2D eigenvalue weighted by Gasteiger charge is 2.25. The highest BCUT2D eigenvalue weighted by molar-refractivity contribution is 7.80. The second kappa shape index (κ2) is 6.61. The lowest BCUT2D eigenvalue weighted by atomic mass is 9.97. The lowest BCUT2D eigenvalue weighted by molar-refractivity contribution is 0.290. The van der Waals surface area contributed by atoms with Crippen molar-refractivity contribution in [3.8, 4) is 0 Å². The summed E-state index contributed by atoms with van der Waals surface area (Å²) in [5.74, 6) is 1.23. The van der Waals surface area contributed by atoms with E-state index in [9.17, 15) is 0 Å². The molecular formula is C19H19N3OS. The molecule has 2 aromatic carbocycles. The van der Waals surface area contributed by atoms with E-state index in [2.05, 4.69) is 15.2 Å². The van der Waals surface area contributed by atoms with Crippen LogP contribution in [0.2, 0.25) is 0 Å². The summed E-state index contributed by atoms with van der Waals surface area (Å²) in [5, 5.41) is 4.10. The minimum atomic E-state index is 0.369. The number of para-hydroxylation sites is 3. The van der Waals surface area contributed by atoms with Crippen molar-refractivity contribution in [3.63, 3.8) is 0 Å². The maximum Gasteiger partial charge on any atom is 0.198 e. The van der Waals surface area contributed by atoms with Gasteiger partial charge in [0.15, 0.2) is 16.6 Å². The molecule has 0 bridgehead atoms. The number of nitrogens with zero attached hydrogens (tertiary/aromatic N) is 2. The van der Waals surface area contributed by atoms with E-state index in [-0.39, 0.29) is 0 Å². The maximum absolute atomic E-state index is 5.92. The molecule has 1 saturated heterocycles. The van der Waals surface area contributed by atoms with E-state index in [4.69, 9.17) is 16.6 Å². The molecule has 0 saturated carbocycles. The predicted octanol–water partition coefficient (Wildman–Crippen LogP) is 4.40. The molecule has 5 heteroatoms. The Balaban J connectivity index is 1.38. The van der Waals surface area contributed by atoms with E-state index in [1.54, 1.807) is 0 Å². The minimum Gasteiger partial charge on any atom is -0.440 e. The molecule has 3 aromatic rings. The molecule has 1 N–H and O–H groups in total. The van der Waals surface area contributed by atoms with Crippen molar-refractivity contribution in [3.05, 3.63) is 60.5 Å². The monoisotopic (exact) mass is 337 g/mol. The Hall–Kier alpha value is -2.40. The summed E-state index contributed by atoms with van der Waals surface area (Å²) in [5.41, 5.74) is 2.84. The fourth-order valence-electron chi connectivity index (χ4n) is 3.12. The van der Waals surface area contributed by atoms with Crippen LogP contribution >= 0.6 is 12.2 Å². The van der Waals surface area contributed by atoms with E-state index in [1.165, 1.54) is 0 Å². The van der Waals surface area contributed by atoms with Gasteiger partial charge in [-0.25, -0.2) is 4.98 Å². The number of rotatable bonds is 2. The zero-order valence-corrected chi connectivity index (χ0v) is 14.1. The van der Waals surface area contributed by atoms with Crippen molar-refractivity contribution in [2.45, 2.75) is 18.8 Å². The summed E-state index contributed by atoms with van der Waals surface area (Å²) < 4.78 is 5.92. The Morgan fingerprint density at radius 2 is 1.75 bits per heavy atom. The van der Waals surface area contributed by atoms with E-state index >= 15 is 0 Å². The van der Waals surface area contributed by atoms with Crippen LogP contribution < -0.4 is 5.32 Å². The SMILES string of the molecule is S=C(Nc1ccccc1)N1CCC(c2nc3ccccc3o2)CC1. The van der Waals surface area contributed by atoms with Gasteiger partial charge >= 0.3 is 0 Å². The molecular weight excluding hydrogens is 318 g/mol. The fraction of sp³-hybridized carbons (Fsp3) is 0.263. The lowest BCUT2D eigenvalue weighted by Crippen LogP contribution is -2.40. The number of thiocarbonyl (C=S) groups is 1. The number of likely N-dealkylation sites (tertiary alicyclic amines) is 1. The molecule has 1 fully saturated rings. The summed E-state index contributed by atoms with van der Waals surface area (Å²) in [6.07, 6.45) is 2.01. The zero-order valence-electron chi connectivity index (χ0n) is 13.3. The van der Waals surface area contributed by atoms with Crippen molar-refractivity contribution in [2.24, 2.45) is 0 Å². The summed E-state index contributed by atoms with van der Waals surface area (Å²) in [6, 6.07) is 18.0. The first-order chi connectivity index (χ1) is 11.8. The zero-order chi connectivity index (χ0) is 16.4. The number of nitrogens with one attached hydrogen (secondary N) is 1. The molecule has 0 amide bonds. The second-order valence-electron chi connectivity index (χ2n) is 6.08. The first-order valence-electron chi connectivity index (χ1n) is 8.26. The van der Waals surface area contributed by atoms with Gasteiger partial charge in [0, 0.05) is 24.7 Å². The number of hydrogen-bond acceptors (Lipinski definition) is 3. The molecule has 4 nitrogen and oxygen atoms in total. The first kappa shape index (κ1) is 15.1. The van der Waals surface area contributed by atoms with Gasteiger partial charge < -0.3 is 14.6 Å². The molecule has 2 heterocycles. The Labute approximate surface area is 146 Å². The van der Waals surface area contributed by atoms with Crippen LogP contribution in [0.25, 0.3) is 11.1 Å². The molecule has 24 heavy (non-hydrogen) atoms. The number of anilines is 1. The van der Waals surface area contributed by atoms with Gasteiger partial charge in [0.2, 0.25) is 0 Å². The van der Waals surface area contributed by atoms with Crippen molar-refractivity contribution in [1.29, 1.82) is 0 Å². The van der Waals surface area contributed by atoms with Crippen molar-refractivity contribution in [1.82, 2.24) is 9.88 Å². The van der Waals surface area contributed by atoms with Crippen molar-refractivity contribution < 1.29 is 4.42 Å². The predicted molar refractivity (Wildman–Crippen MR) is 100 cm³/mol. The molecule has 0 unspecified atom stereocenters. The van der Waals surface area contributed by atoms with Gasteiger partial charge in [-0.3, -0.25) is 0 Å². The normalized spacial score (nSPS) is 15.6. The van der Waals surface area contributed by atoms with Crippen LogP contribution in [0.5, 0.6) is 0 Å². The number of benzene rings is 2. The van der Waals surface area contributed by atoms with Crippen molar-refractivity contribution >= 4 is 34.1 Å². The Bertz CT molecular complexity index is 805. The summed E-state index contributed by atoms with van der Waals surface area (Å²) in [6.45, 7) is 1.84. The van der Waals surface area contributed by atoms with Gasteiger partial charge in [0.05, 0.1) is 0 Å². The third kappa shape index (κ3) is 3.12. The fourth-order valence-corrected chi connectivity index (χ4v) is 3.42. The quantitative estimate of drug-likeness (QED) is 0.702. The number of piperidine rings is 1. The van der Waals surface area contributed by atoms with E-state index < -0.39 is 0 Å².